The molecule has 0 aromatic carbocycles. The molecule has 0 saturated carbocycles. The molecule has 0 bridgehead atoms. The number of rotatable bonds is 3. The highest BCUT2D eigenvalue weighted by Crippen LogP contribution is 2.03. The van der Waals surface area contributed by atoms with E-state index in [-0.39, 0.29) is 24.0 Å². The molecule has 0 saturated heterocycles. The van der Waals surface area contributed by atoms with Gasteiger partial charge in [-0.3, -0.25) is 14.7 Å². The molecule has 14 heavy (non-hydrogen) atoms. The number of nitrogens with zero attached hydrogens (tertiary/aromatic N) is 2. The maximum atomic E-state index is 11.5. The monoisotopic (exact) mass is 197 g/mol. The van der Waals surface area contributed by atoms with Crippen molar-refractivity contribution in [3.63, 3.8) is 0 Å². The highest BCUT2D eigenvalue weighted by Gasteiger charge is 2.15. The summed E-state index contributed by atoms with van der Waals surface area (Å²) in [4.78, 5) is 23.2. The Morgan fingerprint density at radius 1 is 1.64 bits per heavy atom. The summed E-state index contributed by atoms with van der Waals surface area (Å²) in [5.74, 6) is -0.734. The zero-order valence-corrected chi connectivity index (χ0v) is 7.65. The first-order chi connectivity index (χ1) is 6.50. The number of nitrogens with one attached hydrogen (secondary N) is 1. The molecule has 0 aliphatic heterocycles. The van der Waals surface area contributed by atoms with E-state index in [0.29, 0.717) is 0 Å². The van der Waals surface area contributed by atoms with E-state index in [9.17, 15) is 9.59 Å². The average molecular weight is 197 g/mol. The largest absolute Gasteiger partial charge is 0.382 e. The smallest absolute Gasteiger partial charge is 0.272 e. The van der Waals surface area contributed by atoms with Gasteiger partial charge in [0.25, 0.3) is 5.91 Å². The third-order valence-corrected chi connectivity index (χ3v) is 1.57. The first-order valence-corrected chi connectivity index (χ1v) is 3.85. The number of nitrogen functional groups attached to an aromatic ring is 1. The highest BCUT2D eigenvalue weighted by molar-refractivity contribution is 5.95. The van der Waals surface area contributed by atoms with Crippen molar-refractivity contribution in [1.82, 2.24) is 15.1 Å². The molecule has 0 atom stereocenters. The highest BCUT2D eigenvalue weighted by atomic mass is 16.2. The van der Waals surface area contributed by atoms with Crippen molar-refractivity contribution >= 4 is 17.6 Å². The zero-order valence-electron chi connectivity index (χ0n) is 7.65. The van der Waals surface area contributed by atoms with Crippen LogP contribution in [0.25, 0.3) is 0 Å². The first kappa shape index (κ1) is 10.0. The third kappa shape index (κ3) is 2.22. The Kier molecular flexibility index (Phi) is 2.70. The lowest BCUT2D eigenvalue weighted by Crippen LogP contribution is -2.35. The molecular weight excluding hydrogens is 186 g/mol. The van der Waals surface area contributed by atoms with Crippen molar-refractivity contribution in [3.8, 4) is 0 Å². The number of hydrogen-bond acceptors (Lipinski definition) is 4. The zero-order chi connectivity index (χ0) is 10.7. The van der Waals surface area contributed by atoms with Gasteiger partial charge in [-0.1, -0.05) is 0 Å². The van der Waals surface area contributed by atoms with Crippen LogP contribution in [0.3, 0.4) is 0 Å². The van der Waals surface area contributed by atoms with Gasteiger partial charge in [-0.25, -0.2) is 0 Å². The molecule has 76 valence electrons. The third-order valence-electron chi connectivity index (χ3n) is 1.57. The second-order valence-corrected chi connectivity index (χ2v) is 2.83. The van der Waals surface area contributed by atoms with Crippen molar-refractivity contribution in [2.24, 2.45) is 5.73 Å². The minimum atomic E-state index is -0.576. The van der Waals surface area contributed by atoms with Gasteiger partial charge in [-0.15, -0.1) is 0 Å². The molecule has 0 unspecified atom stereocenters. The predicted octanol–water partition coefficient (Wildman–Crippen LogP) is -1.45. The van der Waals surface area contributed by atoms with Gasteiger partial charge in [0.1, 0.15) is 11.5 Å². The van der Waals surface area contributed by atoms with E-state index in [1.54, 1.807) is 0 Å². The van der Waals surface area contributed by atoms with Crippen molar-refractivity contribution in [2.45, 2.75) is 0 Å². The molecule has 1 heterocycles. The van der Waals surface area contributed by atoms with E-state index in [1.165, 1.54) is 18.0 Å². The van der Waals surface area contributed by atoms with Crippen LogP contribution in [0.5, 0.6) is 0 Å². The second kappa shape index (κ2) is 3.77. The van der Waals surface area contributed by atoms with Crippen LogP contribution in [0.2, 0.25) is 0 Å². The van der Waals surface area contributed by atoms with E-state index < -0.39 is 5.91 Å². The van der Waals surface area contributed by atoms with Crippen LogP contribution in [0.15, 0.2) is 6.07 Å². The van der Waals surface area contributed by atoms with Crippen LogP contribution in [0.1, 0.15) is 10.5 Å². The Bertz CT molecular complexity index is 359. The molecule has 5 N–H and O–H groups in total. The molecule has 1 aromatic heterocycles. The minimum absolute atomic E-state index is 0.141. The molecule has 1 aromatic rings. The molecule has 7 nitrogen and oxygen atoms in total. The Morgan fingerprint density at radius 3 is 2.71 bits per heavy atom. The molecule has 0 aliphatic carbocycles. The molecule has 0 radical (unpaired) electrons. The SMILES string of the molecule is CN(CC(N)=O)C(=O)c1cc(N)n[nH]1. The molecule has 0 spiro atoms. The summed E-state index contributed by atoms with van der Waals surface area (Å²) >= 11 is 0. The maximum Gasteiger partial charge on any atom is 0.272 e. The fourth-order valence-corrected chi connectivity index (χ4v) is 0.958. The van der Waals surface area contributed by atoms with E-state index in [2.05, 4.69) is 10.2 Å². The Hall–Kier alpha value is -2.05. The number of primary amides is 1. The average Bonchev–Trinajstić information content (AvgIpc) is 2.49. The first-order valence-electron chi connectivity index (χ1n) is 3.85. The summed E-state index contributed by atoms with van der Waals surface area (Å²) in [6.45, 7) is -0.141. The molecule has 0 aliphatic rings. The fraction of sp³-hybridized carbons (Fsp3) is 0.286. The summed E-state index contributed by atoms with van der Waals surface area (Å²) in [7, 11) is 1.46. The van der Waals surface area contributed by atoms with Gasteiger partial charge in [0.15, 0.2) is 0 Å². The summed E-state index contributed by atoms with van der Waals surface area (Å²) in [5, 5.41) is 6.03. The predicted molar refractivity (Wildman–Crippen MR) is 49.2 cm³/mol. The normalized spacial score (nSPS) is 9.79. The van der Waals surface area contributed by atoms with Crippen molar-refractivity contribution < 1.29 is 9.59 Å². The van der Waals surface area contributed by atoms with Gasteiger partial charge >= 0.3 is 0 Å². The molecule has 1 rings (SSSR count). The number of nitrogens with two attached hydrogens (primary N) is 2. The van der Waals surface area contributed by atoms with E-state index >= 15 is 0 Å². The summed E-state index contributed by atoms with van der Waals surface area (Å²) in [6, 6.07) is 1.39. The van der Waals surface area contributed by atoms with Gasteiger partial charge in [-0.2, -0.15) is 5.10 Å². The number of anilines is 1. The number of amides is 2. The number of aromatic amines is 1. The van der Waals surface area contributed by atoms with E-state index in [0.717, 1.165) is 0 Å². The lowest BCUT2D eigenvalue weighted by molar-refractivity contribution is -0.118. The number of carbonyl (C=O) groups excluding carboxylic acids is 2. The van der Waals surface area contributed by atoms with Crippen LogP contribution in [-0.4, -0.2) is 40.5 Å². The second-order valence-electron chi connectivity index (χ2n) is 2.83. The van der Waals surface area contributed by atoms with Crippen molar-refractivity contribution in [1.29, 1.82) is 0 Å². The fourth-order valence-electron chi connectivity index (χ4n) is 0.958. The molecule has 0 fully saturated rings. The van der Waals surface area contributed by atoms with Crippen molar-refractivity contribution in [3.05, 3.63) is 11.8 Å². The van der Waals surface area contributed by atoms with Crippen LogP contribution in [0.4, 0.5) is 5.82 Å². The Balaban J connectivity index is 2.70. The number of H-pyrrole nitrogens is 1. The summed E-state index contributed by atoms with van der Waals surface area (Å²) in [5.41, 5.74) is 10.5. The van der Waals surface area contributed by atoms with Crippen molar-refractivity contribution in [2.75, 3.05) is 19.3 Å². The van der Waals surface area contributed by atoms with Gasteiger partial charge < -0.3 is 16.4 Å². The van der Waals surface area contributed by atoms with Crippen LogP contribution in [0, 0.1) is 0 Å². The molecule has 7 heteroatoms. The van der Waals surface area contributed by atoms with Gasteiger partial charge in [0.05, 0.1) is 6.54 Å². The standard InChI is InChI=1S/C7H11N5O2/c1-12(3-6(9)13)7(14)4-2-5(8)11-10-4/h2H,3H2,1H3,(H2,9,13)(H3,8,10,11). The Labute approximate surface area is 80.1 Å². The van der Waals surface area contributed by atoms with Crippen LogP contribution >= 0.6 is 0 Å². The topological polar surface area (TPSA) is 118 Å². The number of carbonyl (C=O) groups is 2. The van der Waals surface area contributed by atoms with Gasteiger partial charge in [-0.05, 0) is 0 Å². The summed E-state index contributed by atoms with van der Waals surface area (Å²) < 4.78 is 0. The maximum absolute atomic E-state index is 11.5. The van der Waals surface area contributed by atoms with E-state index in [1.807, 2.05) is 0 Å². The number of hydrogen-bond donors (Lipinski definition) is 3. The number of likely N-dealkylation sites (N-methyl/N-ethyl adjacent to an activating group) is 1. The summed E-state index contributed by atoms with van der Waals surface area (Å²) in [6.07, 6.45) is 0. The van der Waals surface area contributed by atoms with E-state index in [4.69, 9.17) is 11.5 Å². The lowest BCUT2D eigenvalue weighted by Gasteiger charge is -2.12. The van der Waals surface area contributed by atoms with Gasteiger partial charge in [0.2, 0.25) is 5.91 Å². The minimum Gasteiger partial charge on any atom is -0.382 e. The van der Waals surface area contributed by atoms with Crippen LogP contribution < -0.4 is 11.5 Å². The number of aromatic nitrogens is 2. The molecular formula is C7H11N5O2. The lowest BCUT2D eigenvalue weighted by atomic mass is 10.3. The Morgan fingerprint density at radius 2 is 2.29 bits per heavy atom. The van der Waals surface area contributed by atoms with Crippen LogP contribution in [-0.2, 0) is 4.79 Å². The molecule has 2 amide bonds. The quantitative estimate of drug-likeness (QED) is 0.549. The van der Waals surface area contributed by atoms with Gasteiger partial charge in [0, 0.05) is 13.1 Å².